The Morgan fingerprint density at radius 2 is 2.41 bits per heavy atom. The molecule has 94 valence electrons. The van der Waals surface area contributed by atoms with E-state index in [-0.39, 0.29) is 6.04 Å². The Bertz CT molecular complexity index is 352. The summed E-state index contributed by atoms with van der Waals surface area (Å²) in [7, 11) is 0. The van der Waals surface area contributed by atoms with Gasteiger partial charge in [0.1, 0.15) is 0 Å². The number of pyridine rings is 1. The second-order valence-corrected chi connectivity index (χ2v) is 4.58. The summed E-state index contributed by atoms with van der Waals surface area (Å²) in [5.74, 6) is 0. The summed E-state index contributed by atoms with van der Waals surface area (Å²) in [5.41, 5.74) is 8.08. The Morgan fingerprint density at radius 3 is 3.00 bits per heavy atom. The fourth-order valence-electron chi connectivity index (χ4n) is 2.07. The summed E-state index contributed by atoms with van der Waals surface area (Å²) >= 11 is 0. The van der Waals surface area contributed by atoms with Crippen LogP contribution in [0.1, 0.15) is 32.0 Å². The highest BCUT2D eigenvalue weighted by atomic mass is 16.5. The van der Waals surface area contributed by atoms with Crippen LogP contribution in [0.5, 0.6) is 0 Å². The van der Waals surface area contributed by atoms with E-state index in [1.807, 2.05) is 12.3 Å². The van der Waals surface area contributed by atoms with E-state index in [9.17, 15) is 0 Å². The van der Waals surface area contributed by atoms with Crippen molar-refractivity contribution in [2.75, 3.05) is 24.6 Å². The van der Waals surface area contributed by atoms with E-state index in [0.717, 1.165) is 37.5 Å². The van der Waals surface area contributed by atoms with E-state index in [2.05, 4.69) is 29.8 Å². The molecule has 0 bridgehead atoms. The number of nitrogens with two attached hydrogens (primary N) is 1. The Morgan fingerprint density at radius 1 is 1.59 bits per heavy atom. The highest BCUT2D eigenvalue weighted by Gasteiger charge is 2.17. The summed E-state index contributed by atoms with van der Waals surface area (Å²) in [6.45, 7) is 6.83. The smallest absolute Gasteiger partial charge is 0.0722 e. The lowest BCUT2D eigenvalue weighted by Gasteiger charge is -2.32. The first-order valence-corrected chi connectivity index (χ1v) is 6.28. The molecule has 1 aromatic rings. The van der Waals surface area contributed by atoms with Crippen LogP contribution in [-0.2, 0) is 4.74 Å². The molecule has 1 aliphatic rings. The van der Waals surface area contributed by atoms with Gasteiger partial charge >= 0.3 is 0 Å². The van der Waals surface area contributed by atoms with E-state index < -0.39 is 0 Å². The lowest BCUT2D eigenvalue weighted by atomic mass is 10.1. The molecule has 2 rings (SSSR count). The van der Waals surface area contributed by atoms with Crippen molar-refractivity contribution in [3.63, 3.8) is 0 Å². The molecule has 0 aromatic carbocycles. The fourth-order valence-corrected chi connectivity index (χ4v) is 2.07. The lowest BCUT2D eigenvalue weighted by Crippen LogP contribution is -2.41. The molecule has 1 aromatic heterocycles. The second-order valence-electron chi connectivity index (χ2n) is 4.58. The fraction of sp³-hybridized carbons (Fsp3) is 0.615. The van der Waals surface area contributed by atoms with Gasteiger partial charge in [0.2, 0.25) is 0 Å². The van der Waals surface area contributed by atoms with E-state index in [4.69, 9.17) is 10.5 Å². The van der Waals surface area contributed by atoms with Crippen molar-refractivity contribution in [1.82, 2.24) is 4.98 Å². The SMILES string of the molecule is CC[C@@H](N)c1ccc(N2CCOC(C)C2)cn1. The summed E-state index contributed by atoms with van der Waals surface area (Å²) in [4.78, 5) is 6.75. The third-order valence-corrected chi connectivity index (χ3v) is 3.20. The maximum atomic E-state index is 5.95. The Kier molecular flexibility index (Phi) is 3.97. The molecule has 1 saturated heterocycles. The highest BCUT2D eigenvalue weighted by Crippen LogP contribution is 2.19. The number of hydrogen-bond acceptors (Lipinski definition) is 4. The van der Waals surface area contributed by atoms with Crippen molar-refractivity contribution in [1.29, 1.82) is 0 Å². The molecule has 0 amide bonds. The van der Waals surface area contributed by atoms with Gasteiger partial charge in [-0.25, -0.2) is 0 Å². The predicted molar refractivity (Wildman–Crippen MR) is 69.1 cm³/mol. The largest absolute Gasteiger partial charge is 0.375 e. The first-order chi connectivity index (χ1) is 8.20. The average molecular weight is 235 g/mol. The molecular formula is C13H21N3O. The molecule has 2 atom stereocenters. The van der Waals surface area contributed by atoms with Crippen LogP contribution >= 0.6 is 0 Å². The first-order valence-electron chi connectivity index (χ1n) is 6.28. The summed E-state index contributed by atoms with van der Waals surface area (Å²) < 4.78 is 5.53. The molecule has 17 heavy (non-hydrogen) atoms. The van der Waals surface area contributed by atoms with Gasteiger partial charge in [-0.05, 0) is 25.5 Å². The monoisotopic (exact) mass is 235 g/mol. The molecule has 1 aliphatic heterocycles. The topological polar surface area (TPSA) is 51.4 Å². The van der Waals surface area contributed by atoms with Gasteiger partial charge in [-0.2, -0.15) is 0 Å². The minimum atomic E-state index is 0.0488. The molecule has 0 radical (unpaired) electrons. The molecule has 0 aliphatic carbocycles. The van der Waals surface area contributed by atoms with Crippen LogP contribution in [0.25, 0.3) is 0 Å². The molecule has 1 unspecified atom stereocenters. The number of rotatable bonds is 3. The standard InChI is InChI=1S/C13H21N3O/c1-3-12(14)13-5-4-11(8-15-13)16-6-7-17-10(2)9-16/h4-5,8,10,12H,3,6-7,9,14H2,1-2H3/t10?,12-/m1/s1. The van der Waals surface area contributed by atoms with Crippen LogP contribution in [0, 0.1) is 0 Å². The van der Waals surface area contributed by atoms with Crippen LogP contribution < -0.4 is 10.6 Å². The van der Waals surface area contributed by atoms with Crippen molar-refractivity contribution in [2.24, 2.45) is 5.73 Å². The zero-order valence-corrected chi connectivity index (χ0v) is 10.6. The van der Waals surface area contributed by atoms with Crippen LogP contribution in [0.4, 0.5) is 5.69 Å². The third kappa shape index (κ3) is 2.96. The molecular weight excluding hydrogens is 214 g/mol. The number of nitrogens with zero attached hydrogens (tertiary/aromatic N) is 2. The van der Waals surface area contributed by atoms with Gasteiger partial charge in [0.05, 0.1) is 30.3 Å². The summed E-state index contributed by atoms with van der Waals surface area (Å²) in [6.07, 6.45) is 3.13. The highest BCUT2D eigenvalue weighted by molar-refractivity contribution is 5.45. The van der Waals surface area contributed by atoms with Gasteiger partial charge < -0.3 is 15.4 Å². The number of aromatic nitrogens is 1. The predicted octanol–water partition coefficient (Wildman–Crippen LogP) is 1.72. The van der Waals surface area contributed by atoms with Gasteiger partial charge in [0.15, 0.2) is 0 Å². The molecule has 2 N–H and O–H groups in total. The van der Waals surface area contributed by atoms with E-state index in [1.54, 1.807) is 0 Å². The number of anilines is 1. The Hall–Kier alpha value is -1.13. The maximum absolute atomic E-state index is 5.95. The van der Waals surface area contributed by atoms with Crippen LogP contribution in [0.2, 0.25) is 0 Å². The molecule has 0 saturated carbocycles. The summed E-state index contributed by atoms with van der Waals surface area (Å²) in [6, 6.07) is 4.19. The zero-order valence-electron chi connectivity index (χ0n) is 10.6. The minimum absolute atomic E-state index is 0.0488. The average Bonchev–Trinajstić information content (AvgIpc) is 2.38. The maximum Gasteiger partial charge on any atom is 0.0722 e. The van der Waals surface area contributed by atoms with Crippen molar-refractivity contribution in [3.05, 3.63) is 24.0 Å². The second kappa shape index (κ2) is 5.47. The van der Waals surface area contributed by atoms with E-state index in [0.29, 0.717) is 6.10 Å². The first kappa shape index (κ1) is 12.3. The van der Waals surface area contributed by atoms with Crippen LogP contribution in [0.15, 0.2) is 18.3 Å². The van der Waals surface area contributed by atoms with Crippen molar-refractivity contribution in [3.8, 4) is 0 Å². The third-order valence-electron chi connectivity index (χ3n) is 3.20. The molecule has 2 heterocycles. The molecule has 4 nitrogen and oxygen atoms in total. The van der Waals surface area contributed by atoms with Gasteiger partial charge in [0, 0.05) is 19.1 Å². The molecule has 0 spiro atoms. The van der Waals surface area contributed by atoms with Gasteiger partial charge in [-0.15, -0.1) is 0 Å². The van der Waals surface area contributed by atoms with Crippen LogP contribution in [-0.4, -0.2) is 30.8 Å². The van der Waals surface area contributed by atoms with Crippen molar-refractivity contribution in [2.45, 2.75) is 32.4 Å². The summed E-state index contributed by atoms with van der Waals surface area (Å²) in [5, 5.41) is 0. The lowest BCUT2D eigenvalue weighted by molar-refractivity contribution is 0.0532. The molecule has 1 fully saturated rings. The minimum Gasteiger partial charge on any atom is -0.375 e. The van der Waals surface area contributed by atoms with Gasteiger partial charge in [-0.1, -0.05) is 6.92 Å². The zero-order chi connectivity index (χ0) is 12.3. The van der Waals surface area contributed by atoms with E-state index in [1.165, 1.54) is 0 Å². The number of hydrogen-bond donors (Lipinski definition) is 1. The number of morpholine rings is 1. The molecule has 4 heteroatoms. The van der Waals surface area contributed by atoms with Gasteiger partial charge in [0.25, 0.3) is 0 Å². The Balaban J connectivity index is 2.06. The normalized spacial score (nSPS) is 22.5. The van der Waals surface area contributed by atoms with Crippen LogP contribution in [0.3, 0.4) is 0 Å². The van der Waals surface area contributed by atoms with Crippen molar-refractivity contribution >= 4 is 5.69 Å². The van der Waals surface area contributed by atoms with Crippen molar-refractivity contribution < 1.29 is 4.74 Å². The Labute approximate surface area is 103 Å². The van der Waals surface area contributed by atoms with Gasteiger partial charge in [-0.3, -0.25) is 4.98 Å². The quantitative estimate of drug-likeness (QED) is 0.866. The van der Waals surface area contributed by atoms with E-state index >= 15 is 0 Å². The number of ether oxygens (including phenoxy) is 1.